The minimum absolute atomic E-state index is 0.0843. The smallest absolute Gasteiger partial charge is 0.274 e. The van der Waals surface area contributed by atoms with Gasteiger partial charge in [0.15, 0.2) is 0 Å². The molecule has 0 N–H and O–H groups in total. The van der Waals surface area contributed by atoms with Crippen molar-refractivity contribution < 1.29 is 19.1 Å². The number of carbonyl (C=O) groups excluding carboxylic acids is 2. The summed E-state index contributed by atoms with van der Waals surface area (Å²) in [7, 11) is 0. The first-order valence-electron chi connectivity index (χ1n) is 9.64. The molecule has 0 aromatic carbocycles. The number of pyridine rings is 1. The predicted molar refractivity (Wildman–Crippen MR) is 102 cm³/mol. The van der Waals surface area contributed by atoms with E-state index in [0.717, 1.165) is 5.69 Å². The van der Waals surface area contributed by atoms with Crippen molar-refractivity contribution in [3.8, 4) is 5.75 Å². The van der Waals surface area contributed by atoms with Gasteiger partial charge < -0.3 is 19.3 Å². The molecule has 2 saturated heterocycles. The molecule has 4 rings (SSSR count). The van der Waals surface area contributed by atoms with Gasteiger partial charge in [-0.05, 0) is 19.1 Å². The Labute approximate surface area is 168 Å². The van der Waals surface area contributed by atoms with E-state index in [2.05, 4.69) is 15.0 Å². The summed E-state index contributed by atoms with van der Waals surface area (Å²) in [5.74, 6) is 0.208. The lowest BCUT2D eigenvalue weighted by Crippen LogP contribution is -2.51. The van der Waals surface area contributed by atoms with Crippen LogP contribution in [0.15, 0.2) is 36.9 Å². The van der Waals surface area contributed by atoms with Crippen LogP contribution in [0.5, 0.6) is 5.75 Å². The summed E-state index contributed by atoms with van der Waals surface area (Å²) in [5, 5.41) is 0. The predicted octanol–water partition coefficient (Wildman–Crippen LogP) is 0.701. The fourth-order valence-corrected chi connectivity index (χ4v) is 3.60. The number of ether oxygens (including phenoxy) is 2. The summed E-state index contributed by atoms with van der Waals surface area (Å²) >= 11 is 0. The van der Waals surface area contributed by atoms with Crippen molar-refractivity contribution in [3.05, 3.63) is 48.3 Å². The molecule has 0 spiro atoms. The third kappa shape index (κ3) is 4.34. The Balaban J connectivity index is 1.55. The van der Waals surface area contributed by atoms with E-state index in [-0.39, 0.29) is 23.6 Å². The molecule has 2 aliphatic rings. The average Bonchev–Trinajstić information content (AvgIpc) is 3.18. The zero-order valence-corrected chi connectivity index (χ0v) is 16.2. The van der Waals surface area contributed by atoms with Crippen LogP contribution in [0.1, 0.15) is 22.6 Å². The van der Waals surface area contributed by atoms with E-state index in [1.54, 1.807) is 41.4 Å². The summed E-state index contributed by atoms with van der Waals surface area (Å²) in [6, 6.07) is 2.98. The number of amides is 2. The van der Waals surface area contributed by atoms with Crippen LogP contribution in [0.2, 0.25) is 0 Å². The van der Waals surface area contributed by atoms with Crippen molar-refractivity contribution in [1.82, 2.24) is 24.8 Å². The van der Waals surface area contributed by atoms with Gasteiger partial charge >= 0.3 is 0 Å². The number of nitrogens with zero attached hydrogens (tertiary/aromatic N) is 5. The number of hydrogen-bond donors (Lipinski definition) is 0. The van der Waals surface area contributed by atoms with Gasteiger partial charge in [-0.3, -0.25) is 19.6 Å². The Bertz CT molecular complexity index is 855. The number of hydrogen-bond acceptors (Lipinski definition) is 7. The minimum Gasteiger partial charge on any atom is -0.487 e. The molecule has 4 heterocycles. The van der Waals surface area contributed by atoms with Crippen LogP contribution >= 0.6 is 0 Å². The first kappa shape index (κ1) is 19.3. The molecule has 0 radical (unpaired) electrons. The molecule has 2 aromatic heterocycles. The first-order chi connectivity index (χ1) is 14.1. The van der Waals surface area contributed by atoms with E-state index in [1.807, 2.05) is 6.07 Å². The SMILES string of the molecule is Cc1cnc(C(=O)N2C[C@@H](Oc3cccnc3)C[C@H]2C(=O)N2CCOCC2)cn1. The molecule has 2 aromatic rings. The van der Waals surface area contributed by atoms with Crippen LogP contribution in [-0.2, 0) is 9.53 Å². The first-order valence-corrected chi connectivity index (χ1v) is 9.64. The number of carbonyl (C=O) groups is 2. The quantitative estimate of drug-likeness (QED) is 0.749. The van der Waals surface area contributed by atoms with Gasteiger partial charge in [-0.2, -0.15) is 0 Å². The molecular weight excluding hydrogens is 374 g/mol. The van der Waals surface area contributed by atoms with Gasteiger partial charge in [0.2, 0.25) is 5.91 Å². The van der Waals surface area contributed by atoms with Gasteiger partial charge in [0.25, 0.3) is 5.91 Å². The molecular formula is C20H23N5O4. The lowest BCUT2D eigenvalue weighted by molar-refractivity contribution is -0.139. The Kier molecular flexibility index (Phi) is 5.66. The van der Waals surface area contributed by atoms with Crippen LogP contribution in [0, 0.1) is 6.92 Å². The van der Waals surface area contributed by atoms with E-state index >= 15 is 0 Å². The third-order valence-electron chi connectivity index (χ3n) is 5.07. The van der Waals surface area contributed by atoms with Crippen LogP contribution in [0.3, 0.4) is 0 Å². The number of morpholine rings is 1. The lowest BCUT2D eigenvalue weighted by atomic mass is 10.1. The average molecular weight is 397 g/mol. The van der Waals surface area contributed by atoms with Gasteiger partial charge in [0.05, 0.1) is 37.8 Å². The summed E-state index contributed by atoms with van der Waals surface area (Å²) < 4.78 is 11.3. The number of aryl methyl sites for hydroxylation is 1. The second kappa shape index (κ2) is 8.52. The van der Waals surface area contributed by atoms with Gasteiger partial charge in [-0.25, -0.2) is 4.98 Å². The highest BCUT2D eigenvalue weighted by atomic mass is 16.5. The van der Waals surface area contributed by atoms with Crippen LogP contribution in [-0.4, -0.2) is 81.6 Å². The highest BCUT2D eigenvalue weighted by Gasteiger charge is 2.43. The van der Waals surface area contributed by atoms with E-state index in [1.165, 1.54) is 6.20 Å². The summed E-state index contributed by atoms with van der Waals surface area (Å²) in [6.45, 7) is 4.16. The number of rotatable bonds is 4. The molecule has 9 heteroatoms. The highest BCUT2D eigenvalue weighted by Crippen LogP contribution is 2.26. The van der Waals surface area contributed by atoms with Crippen LogP contribution < -0.4 is 4.74 Å². The zero-order chi connectivity index (χ0) is 20.2. The van der Waals surface area contributed by atoms with Crippen molar-refractivity contribution in [1.29, 1.82) is 0 Å². The Morgan fingerprint density at radius 3 is 2.69 bits per heavy atom. The molecule has 2 amide bonds. The van der Waals surface area contributed by atoms with Gasteiger partial charge in [0, 0.05) is 31.9 Å². The zero-order valence-electron chi connectivity index (χ0n) is 16.2. The fourth-order valence-electron chi connectivity index (χ4n) is 3.60. The van der Waals surface area contributed by atoms with E-state index in [9.17, 15) is 9.59 Å². The summed E-state index contributed by atoms with van der Waals surface area (Å²) in [5.41, 5.74) is 0.944. The summed E-state index contributed by atoms with van der Waals surface area (Å²) in [4.78, 5) is 42.0. The Hall–Kier alpha value is -3.07. The molecule has 2 atom stereocenters. The number of aromatic nitrogens is 3. The molecule has 0 unspecified atom stereocenters. The van der Waals surface area contributed by atoms with E-state index < -0.39 is 6.04 Å². The van der Waals surface area contributed by atoms with Crippen molar-refractivity contribution in [3.63, 3.8) is 0 Å². The van der Waals surface area contributed by atoms with Crippen molar-refractivity contribution in [2.45, 2.75) is 25.5 Å². The monoisotopic (exact) mass is 397 g/mol. The van der Waals surface area contributed by atoms with Crippen molar-refractivity contribution in [2.75, 3.05) is 32.8 Å². The molecule has 2 aliphatic heterocycles. The normalized spacial score (nSPS) is 21.8. The van der Waals surface area contributed by atoms with Crippen LogP contribution in [0.4, 0.5) is 0 Å². The lowest BCUT2D eigenvalue weighted by Gasteiger charge is -2.32. The molecule has 9 nitrogen and oxygen atoms in total. The molecule has 152 valence electrons. The topological polar surface area (TPSA) is 97.8 Å². The van der Waals surface area contributed by atoms with Crippen molar-refractivity contribution in [2.24, 2.45) is 0 Å². The maximum atomic E-state index is 13.2. The summed E-state index contributed by atoms with van der Waals surface area (Å²) in [6.07, 6.45) is 6.38. The molecule has 0 saturated carbocycles. The third-order valence-corrected chi connectivity index (χ3v) is 5.07. The maximum Gasteiger partial charge on any atom is 0.274 e. The second-order valence-electron chi connectivity index (χ2n) is 7.12. The van der Waals surface area contributed by atoms with Gasteiger partial charge in [-0.1, -0.05) is 0 Å². The molecule has 0 aliphatic carbocycles. The number of likely N-dealkylation sites (tertiary alicyclic amines) is 1. The standard InChI is InChI=1S/C20H23N5O4/c1-14-10-23-17(12-22-14)19(26)25-13-16(29-15-3-2-4-21-11-15)9-18(25)20(27)24-5-7-28-8-6-24/h2-4,10-12,16,18H,5-9,13H2,1H3/t16-,18-/m0/s1. The fraction of sp³-hybridized carbons (Fsp3) is 0.450. The van der Waals surface area contributed by atoms with E-state index in [4.69, 9.17) is 9.47 Å². The van der Waals surface area contributed by atoms with E-state index in [0.29, 0.717) is 45.0 Å². The largest absolute Gasteiger partial charge is 0.487 e. The highest BCUT2D eigenvalue weighted by molar-refractivity contribution is 5.96. The maximum absolute atomic E-state index is 13.2. The van der Waals surface area contributed by atoms with Gasteiger partial charge in [0.1, 0.15) is 23.6 Å². The minimum atomic E-state index is -0.606. The van der Waals surface area contributed by atoms with Crippen LogP contribution in [0.25, 0.3) is 0 Å². The Morgan fingerprint density at radius 2 is 2.00 bits per heavy atom. The Morgan fingerprint density at radius 1 is 1.17 bits per heavy atom. The van der Waals surface area contributed by atoms with Gasteiger partial charge in [-0.15, -0.1) is 0 Å². The molecule has 0 bridgehead atoms. The molecule has 29 heavy (non-hydrogen) atoms. The van der Waals surface area contributed by atoms with Crippen molar-refractivity contribution >= 4 is 11.8 Å². The molecule has 2 fully saturated rings. The second-order valence-corrected chi connectivity index (χ2v) is 7.12.